The third-order valence-electron chi connectivity index (χ3n) is 2.37. The molecule has 2 N–H and O–H groups in total. The molecule has 0 bridgehead atoms. The minimum atomic E-state index is -0.974. The number of rotatable bonds is 7. The van der Waals surface area contributed by atoms with Gasteiger partial charge in [0.05, 0.1) is 4.92 Å². The minimum absolute atomic E-state index is 0.0145. The molecule has 0 aliphatic carbocycles. The van der Waals surface area contributed by atoms with Gasteiger partial charge in [-0.3, -0.25) is 14.9 Å². The molecule has 1 aromatic rings. The second kappa shape index (κ2) is 6.93. The third kappa shape index (κ3) is 4.31. The van der Waals surface area contributed by atoms with Crippen molar-refractivity contribution in [2.24, 2.45) is 0 Å². The number of nitro benzene ring substituents is 1. The molecule has 0 spiro atoms. The van der Waals surface area contributed by atoms with Gasteiger partial charge in [0.2, 0.25) is 0 Å². The summed E-state index contributed by atoms with van der Waals surface area (Å²) in [4.78, 5) is 20.9. The molecule has 1 aromatic carbocycles. The lowest BCUT2D eigenvalue weighted by Gasteiger charge is -2.13. The lowest BCUT2D eigenvalue weighted by molar-refractivity contribution is -0.384. The van der Waals surface area contributed by atoms with Gasteiger partial charge in [-0.15, -0.1) is 11.6 Å². The van der Waals surface area contributed by atoms with Crippen LogP contribution in [0.5, 0.6) is 0 Å². The van der Waals surface area contributed by atoms with E-state index in [1.165, 1.54) is 12.1 Å². The standard InChI is InChI=1S/C11H13ClN2O4/c12-5-6-13-10(11(15)16)7-8-1-3-9(4-2-8)14(17)18/h1-4,10,13H,5-7H2,(H,15,16)/t10-/m0/s1. The zero-order valence-electron chi connectivity index (χ0n) is 9.51. The molecular formula is C11H13ClN2O4. The van der Waals surface area contributed by atoms with E-state index < -0.39 is 16.9 Å². The number of halogens is 1. The summed E-state index contributed by atoms with van der Waals surface area (Å²) in [6.07, 6.45) is 0.254. The number of nitro groups is 1. The van der Waals surface area contributed by atoms with Crippen molar-refractivity contribution >= 4 is 23.3 Å². The van der Waals surface area contributed by atoms with Crippen LogP contribution in [0, 0.1) is 10.1 Å². The van der Waals surface area contributed by atoms with Crippen molar-refractivity contribution in [1.29, 1.82) is 0 Å². The molecule has 0 unspecified atom stereocenters. The van der Waals surface area contributed by atoms with Gasteiger partial charge >= 0.3 is 5.97 Å². The molecule has 0 saturated carbocycles. The highest BCUT2D eigenvalue weighted by Crippen LogP contribution is 2.13. The predicted molar refractivity (Wildman–Crippen MR) is 66.9 cm³/mol. The number of hydrogen-bond donors (Lipinski definition) is 2. The zero-order chi connectivity index (χ0) is 13.5. The summed E-state index contributed by atoms with van der Waals surface area (Å²) in [5.74, 6) is -0.650. The molecule has 7 heteroatoms. The Morgan fingerprint density at radius 2 is 2.06 bits per heavy atom. The smallest absolute Gasteiger partial charge is 0.321 e. The summed E-state index contributed by atoms with van der Waals surface area (Å²) in [7, 11) is 0. The van der Waals surface area contributed by atoms with Gasteiger partial charge in [-0.2, -0.15) is 0 Å². The van der Waals surface area contributed by atoms with Crippen LogP contribution in [0.25, 0.3) is 0 Å². The quantitative estimate of drug-likeness (QED) is 0.445. The first-order valence-electron chi connectivity index (χ1n) is 5.30. The number of alkyl halides is 1. The number of carboxylic acid groups (broad SMARTS) is 1. The monoisotopic (exact) mass is 272 g/mol. The van der Waals surface area contributed by atoms with E-state index in [1.807, 2.05) is 0 Å². The van der Waals surface area contributed by atoms with Crippen LogP contribution in [-0.4, -0.2) is 34.5 Å². The van der Waals surface area contributed by atoms with E-state index in [-0.39, 0.29) is 12.1 Å². The molecular weight excluding hydrogens is 260 g/mol. The number of carboxylic acids is 1. The highest BCUT2D eigenvalue weighted by atomic mass is 35.5. The molecule has 0 heterocycles. The van der Waals surface area contributed by atoms with Crippen molar-refractivity contribution in [2.45, 2.75) is 12.5 Å². The summed E-state index contributed by atoms with van der Waals surface area (Å²) in [5, 5.41) is 22.2. The Balaban J connectivity index is 2.68. The van der Waals surface area contributed by atoms with Crippen LogP contribution in [-0.2, 0) is 11.2 Å². The molecule has 0 saturated heterocycles. The molecule has 0 aliphatic rings. The van der Waals surface area contributed by atoms with E-state index >= 15 is 0 Å². The van der Waals surface area contributed by atoms with Crippen molar-refractivity contribution in [1.82, 2.24) is 5.32 Å². The van der Waals surface area contributed by atoms with Gasteiger partial charge in [0.25, 0.3) is 5.69 Å². The predicted octanol–water partition coefficient (Wildman–Crippen LogP) is 1.42. The first-order chi connectivity index (χ1) is 8.54. The molecule has 0 radical (unpaired) electrons. The topological polar surface area (TPSA) is 92.5 Å². The number of benzene rings is 1. The number of nitrogens with one attached hydrogen (secondary N) is 1. The fraction of sp³-hybridized carbons (Fsp3) is 0.364. The molecule has 0 aromatic heterocycles. The Bertz CT molecular complexity index is 422. The van der Waals surface area contributed by atoms with Gasteiger partial charge in [-0.1, -0.05) is 12.1 Å². The average Bonchev–Trinajstić information content (AvgIpc) is 2.34. The van der Waals surface area contributed by atoms with Crippen molar-refractivity contribution in [3.05, 3.63) is 39.9 Å². The third-order valence-corrected chi connectivity index (χ3v) is 2.56. The Labute approximate surface area is 109 Å². The highest BCUT2D eigenvalue weighted by molar-refractivity contribution is 6.18. The molecule has 6 nitrogen and oxygen atoms in total. The molecule has 0 fully saturated rings. The number of carbonyl (C=O) groups is 1. The Hall–Kier alpha value is -1.66. The second-order valence-corrected chi connectivity index (χ2v) is 4.04. The van der Waals surface area contributed by atoms with E-state index in [2.05, 4.69) is 5.32 Å². The van der Waals surface area contributed by atoms with E-state index in [0.717, 1.165) is 5.56 Å². The summed E-state index contributed by atoms with van der Waals surface area (Å²) >= 11 is 5.48. The SMILES string of the molecule is O=C(O)[C@H](Cc1ccc([N+](=O)[O-])cc1)NCCCl. The van der Waals surface area contributed by atoms with Crippen LogP contribution in [0.15, 0.2) is 24.3 Å². The Morgan fingerprint density at radius 3 is 2.50 bits per heavy atom. The summed E-state index contributed by atoms with van der Waals surface area (Å²) in [5.41, 5.74) is 0.703. The molecule has 0 aliphatic heterocycles. The van der Waals surface area contributed by atoms with Crippen molar-refractivity contribution < 1.29 is 14.8 Å². The van der Waals surface area contributed by atoms with Gasteiger partial charge in [-0.05, 0) is 12.0 Å². The number of aliphatic carboxylic acids is 1. The van der Waals surface area contributed by atoms with Gasteiger partial charge in [0.15, 0.2) is 0 Å². The minimum Gasteiger partial charge on any atom is -0.480 e. The van der Waals surface area contributed by atoms with Crippen LogP contribution in [0.3, 0.4) is 0 Å². The van der Waals surface area contributed by atoms with E-state index in [9.17, 15) is 14.9 Å². The second-order valence-electron chi connectivity index (χ2n) is 3.66. The number of non-ortho nitro benzene ring substituents is 1. The zero-order valence-corrected chi connectivity index (χ0v) is 10.3. The summed E-state index contributed by atoms with van der Waals surface area (Å²) in [6.45, 7) is 0.394. The maximum Gasteiger partial charge on any atom is 0.321 e. The highest BCUT2D eigenvalue weighted by Gasteiger charge is 2.17. The van der Waals surface area contributed by atoms with Crippen molar-refractivity contribution in [2.75, 3.05) is 12.4 Å². The molecule has 1 rings (SSSR count). The van der Waals surface area contributed by atoms with Gasteiger partial charge in [-0.25, -0.2) is 0 Å². The molecule has 0 amide bonds. The van der Waals surface area contributed by atoms with E-state index in [0.29, 0.717) is 12.4 Å². The fourth-order valence-electron chi connectivity index (χ4n) is 1.47. The lowest BCUT2D eigenvalue weighted by atomic mass is 10.1. The maximum atomic E-state index is 11.0. The number of nitrogens with zero attached hydrogens (tertiary/aromatic N) is 1. The first kappa shape index (κ1) is 14.4. The normalized spacial score (nSPS) is 12.1. The van der Waals surface area contributed by atoms with Gasteiger partial charge < -0.3 is 10.4 Å². The van der Waals surface area contributed by atoms with Crippen LogP contribution in [0.1, 0.15) is 5.56 Å². The van der Waals surface area contributed by atoms with Crippen LogP contribution in [0.2, 0.25) is 0 Å². The largest absolute Gasteiger partial charge is 0.480 e. The van der Waals surface area contributed by atoms with E-state index in [1.54, 1.807) is 12.1 Å². The van der Waals surface area contributed by atoms with Crippen molar-refractivity contribution in [3.8, 4) is 0 Å². The summed E-state index contributed by atoms with van der Waals surface area (Å²) in [6, 6.07) is 5.07. The summed E-state index contributed by atoms with van der Waals surface area (Å²) < 4.78 is 0. The maximum absolute atomic E-state index is 11.0. The lowest BCUT2D eigenvalue weighted by Crippen LogP contribution is -2.39. The molecule has 1 atom stereocenters. The first-order valence-corrected chi connectivity index (χ1v) is 5.83. The fourth-order valence-corrected chi connectivity index (χ4v) is 1.57. The van der Waals surface area contributed by atoms with Crippen LogP contribution >= 0.6 is 11.6 Å². The van der Waals surface area contributed by atoms with Crippen molar-refractivity contribution in [3.63, 3.8) is 0 Å². The Morgan fingerprint density at radius 1 is 1.44 bits per heavy atom. The molecule has 98 valence electrons. The van der Waals surface area contributed by atoms with E-state index in [4.69, 9.17) is 16.7 Å². The number of hydrogen-bond acceptors (Lipinski definition) is 4. The Kier molecular flexibility index (Phi) is 5.54. The van der Waals surface area contributed by atoms with Gasteiger partial charge in [0, 0.05) is 24.6 Å². The van der Waals surface area contributed by atoms with Crippen LogP contribution < -0.4 is 5.32 Å². The average molecular weight is 273 g/mol. The van der Waals surface area contributed by atoms with Crippen LogP contribution in [0.4, 0.5) is 5.69 Å². The van der Waals surface area contributed by atoms with Gasteiger partial charge in [0.1, 0.15) is 6.04 Å². The molecule has 18 heavy (non-hydrogen) atoms.